The molecule has 0 aliphatic rings. The van der Waals surface area contributed by atoms with Crippen LogP contribution in [0.2, 0.25) is 5.15 Å². The van der Waals surface area contributed by atoms with Gasteiger partial charge in [-0.15, -0.1) is 0 Å². The van der Waals surface area contributed by atoms with Crippen LogP contribution in [-0.2, 0) is 0 Å². The first-order valence-electron chi connectivity index (χ1n) is 7.02. The maximum atomic E-state index is 6.03. The molecule has 0 amide bonds. The molecule has 0 bridgehead atoms. The van der Waals surface area contributed by atoms with Gasteiger partial charge in [-0.25, -0.2) is 9.97 Å². The largest absolute Gasteiger partial charge is 0.491 e. The summed E-state index contributed by atoms with van der Waals surface area (Å²) in [6, 6.07) is 9.46. The molecule has 0 saturated heterocycles. The molecule has 0 radical (unpaired) electrons. The lowest BCUT2D eigenvalue weighted by Gasteiger charge is -2.12. The summed E-state index contributed by atoms with van der Waals surface area (Å²) in [5.74, 6) is 2.49. The number of hydrogen-bond acceptors (Lipinski definition) is 4. The van der Waals surface area contributed by atoms with E-state index in [9.17, 15) is 0 Å². The van der Waals surface area contributed by atoms with Gasteiger partial charge in [0.1, 0.15) is 22.5 Å². The Labute approximate surface area is 130 Å². The number of nitrogens with zero attached hydrogens (tertiary/aromatic N) is 2. The lowest BCUT2D eigenvalue weighted by Crippen LogP contribution is -2.05. The Bertz CT molecular complexity index is 597. The van der Waals surface area contributed by atoms with Crippen molar-refractivity contribution in [2.75, 3.05) is 5.32 Å². The van der Waals surface area contributed by atoms with Gasteiger partial charge in [0.25, 0.3) is 0 Å². The monoisotopic (exact) mass is 305 g/mol. The highest BCUT2D eigenvalue weighted by atomic mass is 35.5. The van der Waals surface area contributed by atoms with Crippen LogP contribution in [0.4, 0.5) is 11.5 Å². The molecule has 0 spiro atoms. The average molecular weight is 306 g/mol. The van der Waals surface area contributed by atoms with Crippen molar-refractivity contribution in [1.29, 1.82) is 0 Å². The molecule has 1 heterocycles. The Morgan fingerprint density at radius 3 is 2.29 bits per heavy atom. The number of ether oxygens (including phenoxy) is 1. The van der Waals surface area contributed by atoms with Crippen LogP contribution in [0.1, 0.15) is 39.4 Å². The zero-order valence-electron chi connectivity index (χ0n) is 12.7. The third-order valence-corrected chi connectivity index (χ3v) is 2.92. The molecule has 2 rings (SSSR count). The van der Waals surface area contributed by atoms with Gasteiger partial charge in [-0.3, -0.25) is 0 Å². The Kier molecular flexibility index (Phi) is 5.02. The normalized spacial score (nSPS) is 11.0. The van der Waals surface area contributed by atoms with Crippen molar-refractivity contribution in [3.05, 3.63) is 41.3 Å². The van der Waals surface area contributed by atoms with E-state index in [0.29, 0.717) is 11.0 Å². The number of halogens is 1. The molecule has 0 saturated carbocycles. The molecule has 2 aromatic rings. The minimum atomic E-state index is 0.165. The number of nitrogens with one attached hydrogen (secondary N) is 1. The number of rotatable bonds is 5. The first-order valence-corrected chi connectivity index (χ1v) is 7.40. The smallest absolute Gasteiger partial charge is 0.135 e. The Balaban J connectivity index is 2.14. The number of anilines is 2. The molecule has 0 atom stereocenters. The van der Waals surface area contributed by atoms with Crippen LogP contribution in [0.5, 0.6) is 5.75 Å². The molecular weight excluding hydrogens is 286 g/mol. The first kappa shape index (κ1) is 15.6. The van der Waals surface area contributed by atoms with E-state index < -0.39 is 0 Å². The molecule has 1 N–H and O–H groups in total. The predicted molar refractivity (Wildman–Crippen MR) is 86.6 cm³/mol. The molecule has 0 aliphatic carbocycles. The van der Waals surface area contributed by atoms with Gasteiger partial charge in [0.05, 0.1) is 6.10 Å². The molecule has 0 fully saturated rings. The third-order valence-electron chi connectivity index (χ3n) is 2.73. The zero-order valence-corrected chi connectivity index (χ0v) is 13.5. The van der Waals surface area contributed by atoms with Gasteiger partial charge in [-0.2, -0.15) is 0 Å². The topological polar surface area (TPSA) is 47.0 Å². The van der Waals surface area contributed by atoms with Gasteiger partial charge in [-0.1, -0.05) is 25.4 Å². The van der Waals surface area contributed by atoms with Crippen LogP contribution in [0.15, 0.2) is 30.3 Å². The van der Waals surface area contributed by atoms with Gasteiger partial charge < -0.3 is 10.1 Å². The van der Waals surface area contributed by atoms with E-state index in [2.05, 4.69) is 15.3 Å². The summed E-state index contributed by atoms with van der Waals surface area (Å²) in [4.78, 5) is 8.68. The molecule has 21 heavy (non-hydrogen) atoms. The van der Waals surface area contributed by atoms with Crippen molar-refractivity contribution >= 4 is 23.1 Å². The summed E-state index contributed by atoms with van der Waals surface area (Å²) < 4.78 is 5.61. The van der Waals surface area contributed by atoms with Gasteiger partial charge >= 0.3 is 0 Å². The standard InChI is InChI=1S/C16H20ClN3O/c1-10(2)16-19-14(17)9-15(20-16)18-12-5-7-13(8-6-12)21-11(3)4/h5-11H,1-4H3,(H,18,19,20). The Morgan fingerprint density at radius 1 is 1.05 bits per heavy atom. The van der Waals surface area contributed by atoms with Crippen LogP contribution in [0.25, 0.3) is 0 Å². The lowest BCUT2D eigenvalue weighted by atomic mass is 10.2. The molecule has 4 nitrogen and oxygen atoms in total. The van der Waals surface area contributed by atoms with Gasteiger partial charge in [0, 0.05) is 17.7 Å². The number of aromatic nitrogens is 2. The first-order chi connectivity index (χ1) is 9.94. The quantitative estimate of drug-likeness (QED) is 0.807. The van der Waals surface area contributed by atoms with Crippen molar-refractivity contribution in [1.82, 2.24) is 9.97 Å². The minimum Gasteiger partial charge on any atom is -0.491 e. The second kappa shape index (κ2) is 6.76. The SMILES string of the molecule is CC(C)Oc1ccc(Nc2cc(Cl)nc(C(C)C)n2)cc1. The molecule has 1 aromatic carbocycles. The summed E-state index contributed by atoms with van der Waals surface area (Å²) in [7, 11) is 0. The zero-order chi connectivity index (χ0) is 15.4. The Morgan fingerprint density at radius 2 is 1.71 bits per heavy atom. The van der Waals surface area contributed by atoms with Crippen LogP contribution in [0.3, 0.4) is 0 Å². The fourth-order valence-corrected chi connectivity index (χ4v) is 1.98. The van der Waals surface area contributed by atoms with Crippen LogP contribution >= 0.6 is 11.6 Å². The van der Waals surface area contributed by atoms with Gasteiger partial charge in [0.2, 0.25) is 0 Å². The van der Waals surface area contributed by atoms with Crippen LogP contribution < -0.4 is 10.1 Å². The second-order valence-corrected chi connectivity index (χ2v) is 5.79. The summed E-state index contributed by atoms with van der Waals surface area (Å²) in [5.41, 5.74) is 0.926. The molecule has 0 aliphatic heterocycles. The van der Waals surface area contributed by atoms with Crippen molar-refractivity contribution in [2.45, 2.75) is 39.7 Å². The summed E-state index contributed by atoms with van der Waals surface area (Å²) in [5, 5.41) is 3.67. The van der Waals surface area contributed by atoms with E-state index in [1.165, 1.54) is 0 Å². The van der Waals surface area contributed by atoms with Crippen LogP contribution in [-0.4, -0.2) is 16.1 Å². The van der Waals surface area contributed by atoms with E-state index in [1.807, 2.05) is 52.0 Å². The summed E-state index contributed by atoms with van der Waals surface area (Å²) in [6.07, 6.45) is 0.165. The average Bonchev–Trinajstić information content (AvgIpc) is 2.39. The summed E-state index contributed by atoms with van der Waals surface area (Å²) in [6.45, 7) is 8.08. The highest BCUT2D eigenvalue weighted by Gasteiger charge is 2.07. The highest BCUT2D eigenvalue weighted by Crippen LogP contribution is 2.22. The molecule has 5 heteroatoms. The van der Waals surface area contributed by atoms with Crippen molar-refractivity contribution in [3.8, 4) is 5.75 Å². The fourth-order valence-electron chi connectivity index (χ4n) is 1.79. The maximum absolute atomic E-state index is 6.03. The van der Waals surface area contributed by atoms with Crippen LogP contribution in [0, 0.1) is 0 Å². The van der Waals surface area contributed by atoms with E-state index in [1.54, 1.807) is 6.07 Å². The van der Waals surface area contributed by atoms with Gasteiger partial charge in [0.15, 0.2) is 0 Å². The fraction of sp³-hybridized carbons (Fsp3) is 0.375. The highest BCUT2D eigenvalue weighted by molar-refractivity contribution is 6.29. The van der Waals surface area contributed by atoms with Crippen molar-refractivity contribution in [3.63, 3.8) is 0 Å². The lowest BCUT2D eigenvalue weighted by molar-refractivity contribution is 0.242. The second-order valence-electron chi connectivity index (χ2n) is 5.40. The third kappa shape index (κ3) is 4.60. The maximum Gasteiger partial charge on any atom is 0.135 e. The Hall–Kier alpha value is -1.81. The van der Waals surface area contributed by atoms with E-state index in [4.69, 9.17) is 16.3 Å². The van der Waals surface area contributed by atoms with Crippen molar-refractivity contribution in [2.24, 2.45) is 0 Å². The van der Waals surface area contributed by atoms with E-state index >= 15 is 0 Å². The summed E-state index contributed by atoms with van der Waals surface area (Å²) >= 11 is 6.03. The molecule has 0 unspecified atom stereocenters. The van der Waals surface area contributed by atoms with E-state index in [-0.39, 0.29) is 12.0 Å². The molecule has 112 valence electrons. The van der Waals surface area contributed by atoms with Crippen molar-refractivity contribution < 1.29 is 4.74 Å². The molecule has 1 aromatic heterocycles. The molecular formula is C16H20ClN3O. The minimum absolute atomic E-state index is 0.165. The van der Waals surface area contributed by atoms with Gasteiger partial charge in [-0.05, 0) is 38.1 Å². The predicted octanol–water partition coefficient (Wildman–Crippen LogP) is 4.78. The number of benzene rings is 1. The van der Waals surface area contributed by atoms with E-state index in [0.717, 1.165) is 17.3 Å². The number of hydrogen-bond donors (Lipinski definition) is 1.